The fourth-order valence-electron chi connectivity index (χ4n) is 5.12. The van der Waals surface area contributed by atoms with Crippen LogP contribution in [-0.4, -0.2) is 69.4 Å². The first-order valence-electron chi connectivity index (χ1n) is 13.0. The highest BCUT2D eigenvalue weighted by Crippen LogP contribution is 2.30. The number of hydrazine groups is 1. The zero-order valence-corrected chi connectivity index (χ0v) is 23.0. The van der Waals surface area contributed by atoms with Crippen LogP contribution in [0.3, 0.4) is 0 Å². The Morgan fingerprint density at radius 1 is 0.900 bits per heavy atom. The first-order chi connectivity index (χ1) is 19.2. The Kier molecular flexibility index (Phi) is 7.86. The number of rotatable bonds is 6. The van der Waals surface area contributed by atoms with E-state index in [9.17, 15) is 19.2 Å². The van der Waals surface area contributed by atoms with Gasteiger partial charge in [-0.1, -0.05) is 90.0 Å². The molecule has 0 aromatic heterocycles. The highest BCUT2D eigenvalue weighted by Gasteiger charge is 2.55. The number of carbonyl (C=O) groups is 4. The van der Waals surface area contributed by atoms with Crippen LogP contribution in [0, 0.1) is 6.92 Å². The van der Waals surface area contributed by atoms with E-state index in [1.54, 1.807) is 31.3 Å². The third-order valence-electron chi connectivity index (χ3n) is 7.22. The molecule has 0 saturated carbocycles. The van der Waals surface area contributed by atoms with E-state index in [0.29, 0.717) is 10.6 Å². The molecule has 2 fully saturated rings. The molecule has 0 bridgehead atoms. The number of hydrogen-bond donors (Lipinski definition) is 1. The van der Waals surface area contributed by atoms with Gasteiger partial charge in [0.15, 0.2) is 0 Å². The Morgan fingerprint density at radius 3 is 2.27 bits per heavy atom. The Labute approximate surface area is 237 Å². The molecule has 0 radical (unpaired) electrons. The predicted octanol–water partition coefficient (Wildman–Crippen LogP) is 3.36. The number of imide groups is 1. The molecule has 2 heterocycles. The van der Waals surface area contributed by atoms with Crippen molar-refractivity contribution in [2.24, 2.45) is 0 Å². The van der Waals surface area contributed by atoms with E-state index in [0.717, 1.165) is 21.6 Å². The van der Waals surface area contributed by atoms with Crippen molar-refractivity contribution in [1.29, 1.82) is 0 Å². The van der Waals surface area contributed by atoms with Gasteiger partial charge < -0.3 is 5.32 Å². The van der Waals surface area contributed by atoms with E-state index >= 15 is 0 Å². The number of benzene rings is 3. The number of amides is 5. The van der Waals surface area contributed by atoms with E-state index in [2.05, 4.69) is 5.32 Å². The number of fused-ring (bicyclic) bond motifs is 1. The van der Waals surface area contributed by atoms with Gasteiger partial charge in [0, 0.05) is 25.0 Å². The predicted molar refractivity (Wildman–Crippen MR) is 149 cm³/mol. The Hall–Kier alpha value is -4.21. The molecule has 3 aromatic carbocycles. The number of nitrogens with one attached hydrogen (secondary N) is 1. The standard InChI is InChI=1S/C30H30ClN5O4/c1-20-12-14-21(15-13-20)16-25-28(38)34(18-23-10-6-7-11-24(23)31)29(39)27-35(25)26(37)19-33(2)36(27)30(40)32-17-22-8-4-3-5-9-22/h3-15,25,27H,16-19H2,1-2H3,(H,32,40)/t25-,27?/m0/s1. The molecule has 1 N–H and O–H groups in total. The number of hydrogen-bond acceptors (Lipinski definition) is 5. The van der Waals surface area contributed by atoms with E-state index in [4.69, 9.17) is 11.6 Å². The molecular weight excluding hydrogens is 530 g/mol. The molecule has 2 atom stereocenters. The second-order valence-electron chi connectivity index (χ2n) is 10.0. The molecule has 3 aromatic rings. The summed E-state index contributed by atoms with van der Waals surface area (Å²) >= 11 is 6.39. The largest absolute Gasteiger partial charge is 0.334 e. The van der Waals surface area contributed by atoms with E-state index in [-0.39, 0.29) is 26.1 Å². The molecule has 2 aliphatic rings. The fourth-order valence-corrected chi connectivity index (χ4v) is 5.31. The van der Waals surface area contributed by atoms with Gasteiger partial charge in [0.05, 0.1) is 13.1 Å². The first-order valence-corrected chi connectivity index (χ1v) is 13.4. The highest BCUT2D eigenvalue weighted by molar-refractivity contribution is 6.31. The van der Waals surface area contributed by atoms with Crippen LogP contribution in [0.4, 0.5) is 4.79 Å². The molecule has 2 aliphatic heterocycles. The van der Waals surface area contributed by atoms with Crippen LogP contribution in [0.1, 0.15) is 22.3 Å². The quantitative estimate of drug-likeness (QED) is 0.468. The van der Waals surface area contributed by atoms with Gasteiger partial charge in [-0.05, 0) is 29.7 Å². The molecule has 0 aliphatic carbocycles. The highest BCUT2D eigenvalue weighted by atomic mass is 35.5. The zero-order chi connectivity index (χ0) is 28.4. The molecule has 5 rings (SSSR count). The molecule has 2 saturated heterocycles. The summed E-state index contributed by atoms with van der Waals surface area (Å²) in [7, 11) is 1.58. The van der Waals surface area contributed by atoms with E-state index in [1.807, 2.05) is 61.5 Å². The lowest BCUT2D eigenvalue weighted by Gasteiger charge is -2.53. The lowest BCUT2D eigenvalue weighted by molar-refractivity contribution is -0.194. The monoisotopic (exact) mass is 559 g/mol. The van der Waals surface area contributed by atoms with Crippen molar-refractivity contribution in [3.8, 4) is 0 Å². The average molecular weight is 560 g/mol. The smallest absolute Gasteiger partial charge is 0.333 e. The van der Waals surface area contributed by atoms with Crippen LogP contribution >= 0.6 is 11.6 Å². The summed E-state index contributed by atoms with van der Waals surface area (Å²) in [6.45, 7) is 1.95. The van der Waals surface area contributed by atoms with Crippen LogP contribution in [-0.2, 0) is 33.9 Å². The van der Waals surface area contributed by atoms with Gasteiger partial charge in [0.25, 0.3) is 11.8 Å². The van der Waals surface area contributed by atoms with Crippen molar-refractivity contribution in [1.82, 2.24) is 25.1 Å². The van der Waals surface area contributed by atoms with Crippen LogP contribution in [0.2, 0.25) is 5.02 Å². The Balaban J connectivity index is 1.51. The number of likely N-dealkylation sites (N-methyl/N-ethyl adjacent to an activating group) is 1. The van der Waals surface area contributed by atoms with Gasteiger partial charge in [0.1, 0.15) is 6.04 Å². The molecule has 206 valence electrons. The lowest BCUT2D eigenvalue weighted by atomic mass is 9.97. The van der Waals surface area contributed by atoms with Crippen molar-refractivity contribution in [2.45, 2.75) is 38.6 Å². The zero-order valence-electron chi connectivity index (χ0n) is 22.3. The molecule has 0 spiro atoms. The number of piperazine rings is 1. The number of carbonyl (C=O) groups excluding carboxylic acids is 4. The van der Waals surface area contributed by atoms with Gasteiger partial charge in [-0.3, -0.25) is 24.2 Å². The maximum Gasteiger partial charge on any atom is 0.334 e. The third kappa shape index (κ3) is 5.43. The maximum absolute atomic E-state index is 14.0. The summed E-state index contributed by atoms with van der Waals surface area (Å²) in [6, 6.07) is 22.5. The summed E-state index contributed by atoms with van der Waals surface area (Å²) in [5, 5.41) is 5.93. The SMILES string of the molecule is Cc1ccc(C[C@H]2C(=O)N(Cc3ccccc3Cl)C(=O)C3N2C(=O)CN(C)N3C(=O)NCc2ccccc2)cc1. The summed E-state index contributed by atoms with van der Waals surface area (Å²) in [5.74, 6) is -1.58. The van der Waals surface area contributed by atoms with Crippen molar-refractivity contribution < 1.29 is 19.2 Å². The third-order valence-corrected chi connectivity index (χ3v) is 7.59. The molecular formula is C30H30ClN5O4. The van der Waals surface area contributed by atoms with Crippen molar-refractivity contribution >= 4 is 35.4 Å². The Bertz CT molecular complexity index is 1430. The minimum absolute atomic E-state index is 0.0799. The van der Waals surface area contributed by atoms with Gasteiger partial charge >= 0.3 is 6.03 Å². The van der Waals surface area contributed by atoms with Gasteiger partial charge in [-0.15, -0.1) is 0 Å². The summed E-state index contributed by atoms with van der Waals surface area (Å²) in [4.78, 5) is 57.3. The maximum atomic E-state index is 14.0. The van der Waals surface area contributed by atoms with Crippen LogP contribution < -0.4 is 5.32 Å². The lowest BCUT2D eigenvalue weighted by Crippen LogP contribution is -2.77. The molecule has 40 heavy (non-hydrogen) atoms. The van der Waals surface area contributed by atoms with Gasteiger partial charge in [0.2, 0.25) is 12.1 Å². The van der Waals surface area contributed by atoms with Crippen molar-refractivity contribution in [3.63, 3.8) is 0 Å². The summed E-state index contributed by atoms with van der Waals surface area (Å²) in [6.07, 6.45) is -1.14. The van der Waals surface area contributed by atoms with Gasteiger partial charge in [-0.25, -0.2) is 14.8 Å². The van der Waals surface area contributed by atoms with Crippen molar-refractivity contribution in [2.75, 3.05) is 13.6 Å². The van der Waals surface area contributed by atoms with Crippen LogP contribution in [0.5, 0.6) is 0 Å². The topological polar surface area (TPSA) is 93.3 Å². The molecule has 1 unspecified atom stereocenters. The van der Waals surface area contributed by atoms with E-state index < -0.39 is 36.0 Å². The minimum Gasteiger partial charge on any atom is -0.333 e. The van der Waals surface area contributed by atoms with Crippen LogP contribution in [0.15, 0.2) is 78.9 Å². The first kappa shape index (κ1) is 27.4. The second kappa shape index (κ2) is 11.5. The fraction of sp³-hybridized carbons (Fsp3) is 0.267. The normalized spacial score (nSPS) is 19.6. The summed E-state index contributed by atoms with van der Waals surface area (Å²) in [5.41, 5.74) is 3.36. The number of nitrogens with zero attached hydrogens (tertiary/aromatic N) is 4. The second-order valence-corrected chi connectivity index (χ2v) is 10.4. The minimum atomic E-state index is -1.34. The van der Waals surface area contributed by atoms with Crippen molar-refractivity contribution in [3.05, 3.63) is 106 Å². The number of halogens is 1. The number of aryl methyl sites for hydroxylation is 1. The Morgan fingerprint density at radius 2 is 1.57 bits per heavy atom. The average Bonchev–Trinajstić information content (AvgIpc) is 2.94. The van der Waals surface area contributed by atoms with Crippen LogP contribution in [0.25, 0.3) is 0 Å². The molecule has 9 nitrogen and oxygen atoms in total. The number of urea groups is 1. The van der Waals surface area contributed by atoms with E-state index in [1.165, 1.54) is 14.9 Å². The molecule has 10 heteroatoms. The summed E-state index contributed by atoms with van der Waals surface area (Å²) < 4.78 is 0. The molecule has 5 amide bonds. The van der Waals surface area contributed by atoms with Gasteiger partial charge in [-0.2, -0.15) is 0 Å².